The third-order valence-corrected chi connectivity index (χ3v) is 5.37. The summed E-state index contributed by atoms with van der Waals surface area (Å²) in [5, 5.41) is 9.03. The van der Waals surface area contributed by atoms with E-state index in [0.717, 1.165) is 31.1 Å². The van der Waals surface area contributed by atoms with E-state index in [9.17, 15) is 4.79 Å². The molecule has 4 rings (SSSR count). The molecule has 0 bridgehead atoms. The number of piperidine rings is 1. The van der Waals surface area contributed by atoms with Crippen LogP contribution in [0.15, 0.2) is 30.0 Å². The van der Waals surface area contributed by atoms with E-state index in [0.29, 0.717) is 25.3 Å². The maximum Gasteiger partial charge on any atom is 0.254 e. The predicted octanol–water partition coefficient (Wildman–Crippen LogP) is 1.44. The summed E-state index contributed by atoms with van der Waals surface area (Å²) in [6, 6.07) is 3.53. The quantitative estimate of drug-likeness (QED) is 0.820. The number of carbonyl (C=O) groups excluding carboxylic acids is 1. The normalized spacial score (nSPS) is 24.3. The first kappa shape index (κ1) is 15.5. The van der Waals surface area contributed by atoms with Crippen LogP contribution in [0.5, 0.6) is 0 Å². The van der Waals surface area contributed by atoms with Crippen molar-refractivity contribution < 1.29 is 9.53 Å². The molecular formula is C16H19N5O2S. The lowest BCUT2D eigenvalue weighted by molar-refractivity contribution is -0.105. The molecule has 8 heteroatoms. The molecule has 7 nitrogen and oxygen atoms in total. The fraction of sp³-hybridized carbons (Fsp3) is 0.500. The standard InChI is InChI=1S/C16H19N5O2S/c22-14(13-2-5-17-6-3-13)20-8-9-23-16(10-20)4-1-7-21(11-16)15-19-18-12-24-15/h2-3,5-6,12H,1,4,7-11H2/t16-/m0/s1. The van der Waals surface area contributed by atoms with Crippen molar-refractivity contribution in [3.05, 3.63) is 35.6 Å². The number of anilines is 1. The molecule has 2 aromatic rings. The highest BCUT2D eigenvalue weighted by Gasteiger charge is 2.42. The van der Waals surface area contributed by atoms with Gasteiger partial charge in [0.05, 0.1) is 19.7 Å². The number of aromatic nitrogens is 3. The molecule has 4 heterocycles. The maximum atomic E-state index is 12.7. The summed E-state index contributed by atoms with van der Waals surface area (Å²) in [4.78, 5) is 20.9. The van der Waals surface area contributed by atoms with Gasteiger partial charge in [-0.25, -0.2) is 0 Å². The van der Waals surface area contributed by atoms with Gasteiger partial charge in [-0.2, -0.15) is 0 Å². The van der Waals surface area contributed by atoms with Gasteiger partial charge in [-0.1, -0.05) is 11.3 Å². The molecule has 0 aliphatic carbocycles. The van der Waals surface area contributed by atoms with Crippen LogP contribution in [0.25, 0.3) is 0 Å². The molecule has 1 spiro atoms. The molecule has 2 saturated heterocycles. The van der Waals surface area contributed by atoms with Crippen LogP contribution in [0.2, 0.25) is 0 Å². The molecule has 0 saturated carbocycles. The van der Waals surface area contributed by atoms with Gasteiger partial charge < -0.3 is 14.5 Å². The van der Waals surface area contributed by atoms with Crippen molar-refractivity contribution in [1.82, 2.24) is 20.1 Å². The largest absolute Gasteiger partial charge is 0.369 e. The summed E-state index contributed by atoms with van der Waals surface area (Å²) in [5.74, 6) is 0.0492. The summed E-state index contributed by atoms with van der Waals surface area (Å²) in [6.45, 7) is 3.52. The Labute approximate surface area is 144 Å². The van der Waals surface area contributed by atoms with Gasteiger partial charge in [0.25, 0.3) is 5.91 Å². The van der Waals surface area contributed by atoms with Gasteiger partial charge in [0.1, 0.15) is 11.1 Å². The van der Waals surface area contributed by atoms with Crippen molar-refractivity contribution in [3.63, 3.8) is 0 Å². The van der Waals surface area contributed by atoms with Gasteiger partial charge in [-0.15, -0.1) is 10.2 Å². The van der Waals surface area contributed by atoms with Gasteiger partial charge in [0, 0.05) is 31.0 Å². The lowest BCUT2D eigenvalue weighted by atomic mass is 9.90. The van der Waals surface area contributed by atoms with Crippen molar-refractivity contribution in [2.45, 2.75) is 18.4 Å². The van der Waals surface area contributed by atoms with Crippen molar-refractivity contribution in [3.8, 4) is 0 Å². The maximum absolute atomic E-state index is 12.7. The molecule has 2 aliphatic rings. The smallest absolute Gasteiger partial charge is 0.254 e. The monoisotopic (exact) mass is 345 g/mol. The number of ether oxygens (including phenoxy) is 1. The first-order chi connectivity index (χ1) is 11.8. The van der Waals surface area contributed by atoms with Crippen molar-refractivity contribution in [2.24, 2.45) is 0 Å². The molecule has 126 valence electrons. The molecule has 0 radical (unpaired) electrons. The zero-order valence-corrected chi connectivity index (χ0v) is 14.1. The van der Waals surface area contributed by atoms with Gasteiger partial charge in [-0.05, 0) is 25.0 Å². The lowest BCUT2D eigenvalue weighted by Crippen LogP contribution is -2.60. The summed E-state index contributed by atoms with van der Waals surface area (Å²) in [5.41, 5.74) is 2.11. The highest BCUT2D eigenvalue weighted by Crippen LogP contribution is 2.32. The number of rotatable bonds is 2. The van der Waals surface area contributed by atoms with Crippen LogP contribution in [-0.4, -0.2) is 64.4 Å². The Morgan fingerprint density at radius 2 is 2.12 bits per heavy atom. The lowest BCUT2D eigenvalue weighted by Gasteiger charge is -2.47. The Morgan fingerprint density at radius 1 is 1.25 bits per heavy atom. The van der Waals surface area contributed by atoms with E-state index in [1.165, 1.54) is 0 Å². The SMILES string of the molecule is O=C(c1ccncc1)N1CCO[C@@]2(CCCN(c3nncs3)C2)C1. The zero-order valence-electron chi connectivity index (χ0n) is 13.3. The van der Waals surface area contributed by atoms with Crippen molar-refractivity contribution >= 4 is 22.4 Å². The van der Waals surface area contributed by atoms with Gasteiger partial charge in [0.15, 0.2) is 0 Å². The van der Waals surface area contributed by atoms with Crippen LogP contribution in [0.1, 0.15) is 23.2 Å². The van der Waals surface area contributed by atoms with E-state index in [2.05, 4.69) is 20.1 Å². The van der Waals surface area contributed by atoms with Crippen LogP contribution < -0.4 is 4.90 Å². The van der Waals surface area contributed by atoms with Crippen molar-refractivity contribution in [1.29, 1.82) is 0 Å². The van der Waals surface area contributed by atoms with E-state index in [1.807, 2.05) is 4.90 Å². The van der Waals surface area contributed by atoms with Crippen LogP contribution in [-0.2, 0) is 4.74 Å². The molecule has 2 aliphatic heterocycles. The molecule has 0 N–H and O–H groups in total. The van der Waals surface area contributed by atoms with Gasteiger partial charge in [0.2, 0.25) is 5.13 Å². The second-order valence-electron chi connectivity index (χ2n) is 6.24. The zero-order chi connectivity index (χ0) is 16.4. The minimum Gasteiger partial charge on any atom is -0.369 e. The Morgan fingerprint density at radius 3 is 2.92 bits per heavy atom. The van der Waals surface area contributed by atoms with Gasteiger partial charge in [-0.3, -0.25) is 9.78 Å². The number of hydrogen-bond acceptors (Lipinski definition) is 7. The molecule has 2 aromatic heterocycles. The number of carbonyl (C=O) groups is 1. The van der Waals surface area contributed by atoms with Crippen LogP contribution in [0.3, 0.4) is 0 Å². The van der Waals surface area contributed by atoms with Crippen molar-refractivity contribution in [2.75, 3.05) is 37.7 Å². The molecule has 24 heavy (non-hydrogen) atoms. The Hall–Kier alpha value is -2.06. The first-order valence-electron chi connectivity index (χ1n) is 8.10. The summed E-state index contributed by atoms with van der Waals surface area (Å²) < 4.78 is 6.16. The second kappa shape index (κ2) is 6.45. The summed E-state index contributed by atoms with van der Waals surface area (Å²) in [6.07, 6.45) is 5.29. The average molecular weight is 345 g/mol. The molecule has 1 atom stereocenters. The van der Waals surface area contributed by atoms with Crippen LogP contribution in [0.4, 0.5) is 5.13 Å². The Bertz CT molecular complexity index is 692. The number of morpholine rings is 1. The summed E-state index contributed by atoms with van der Waals surface area (Å²) in [7, 11) is 0. The van der Waals surface area contributed by atoms with E-state index < -0.39 is 0 Å². The minimum atomic E-state index is -0.315. The topological polar surface area (TPSA) is 71.5 Å². The van der Waals surface area contributed by atoms with E-state index >= 15 is 0 Å². The Kier molecular flexibility index (Phi) is 4.15. The molecule has 2 fully saturated rings. The minimum absolute atomic E-state index is 0.0492. The number of hydrogen-bond donors (Lipinski definition) is 0. The third kappa shape index (κ3) is 2.99. The molecule has 0 aromatic carbocycles. The fourth-order valence-electron chi connectivity index (χ4n) is 3.51. The average Bonchev–Trinajstić information content (AvgIpc) is 3.17. The Balaban J connectivity index is 1.50. The van der Waals surface area contributed by atoms with Gasteiger partial charge >= 0.3 is 0 Å². The van der Waals surface area contributed by atoms with Crippen LogP contribution in [0, 0.1) is 0 Å². The van der Waals surface area contributed by atoms with E-state index in [-0.39, 0.29) is 11.5 Å². The highest BCUT2D eigenvalue weighted by atomic mass is 32.1. The highest BCUT2D eigenvalue weighted by molar-refractivity contribution is 7.13. The molecular weight excluding hydrogens is 326 g/mol. The van der Waals surface area contributed by atoms with E-state index in [4.69, 9.17) is 4.74 Å². The van der Waals surface area contributed by atoms with E-state index in [1.54, 1.807) is 41.4 Å². The molecule has 0 unspecified atom stereocenters. The second-order valence-corrected chi connectivity index (χ2v) is 7.05. The molecule has 1 amide bonds. The number of pyridine rings is 1. The fourth-order valence-corrected chi connectivity index (χ4v) is 4.10. The summed E-state index contributed by atoms with van der Waals surface area (Å²) >= 11 is 1.54. The van der Waals surface area contributed by atoms with Crippen LogP contribution >= 0.6 is 11.3 Å². The number of amides is 1. The third-order valence-electron chi connectivity index (χ3n) is 4.62. The first-order valence-corrected chi connectivity index (χ1v) is 8.98. The predicted molar refractivity (Wildman–Crippen MR) is 90.2 cm³/mol. The number of nitrogens with zero attached hydrogens (tertiary/aromatic N) is 5.